The van der Waals surface area contributed by atoms with Crippen LogP contribution in [0.15, 0.2) is 12.3 Å². The highest BCUT2D eigenvalue weighted by Crippen LogP contribution is 2.29. The van der Waals surface area contributed by atoms with Crippen LogP contribution in [0.2, 0.25) is 0 Å². The van der Waals surface area contributed by atoms with Crippen LogP contribution in [0.1, 0.15) is 72.5 Å². The van der Waals surface area contributed by atoms with E-state index in [9.17, 15) is 0 Å². The molecular formula is C18H35N3. The Kier molecular flexibility index (Phi) is 6.92. The van der Waals surface area contributed by atoms with E-state index in [0.717, 1.165) is 19.3 Å². The highest BCUT2D eigenvalue weighted by atomic mass is 15.3. The lowest BCUT2D eigenvalue weighted by Gasteiger charge is -2.30. The fraction of sp³-hybridized carbons (Fsp3) is 0.833. The Morgan fingerprint density at radius 1 is 1.24 bits per heavy atom. The Labute approximate surface area is 131 Å². The average molecular weight is 293 g/mol. The van der Waals surface area contributed by atoms with E-state index in [0.29, 0.717) is 23.4 Å². The summed E-state index contributed by atoms with van der Waals surface area (Å²) in [5, 5.41) is 8.26. The van der Waals surface area contributed by atoms with Crippen molar-refractivity contribution in [3.63, 3.8) is 0 Å². The predicted octanol–water partition coefficient (Wildman–Crippen LogP) is 4.45. The van der Waals surface area contributed by atoms with Gasteiger partial charge in [-0.3, -0.25) is 4.68 Å². The molecule has 0 saturated heterocycles. The van der Waals surface area contributed by atoms with E-state index >= 15 is 0 Å². The molecule has 0 radical (unpaired) electrons. The van der Waals surface area contributed by atoms with Crippen molar-refractivity contribution >= 4 is 0 Å². The van der Waals surface area contributed by atoms with Gasteiger partial charge in [0.25, 0.3) is 0 Å². The molecule has 3 heteroatoms. The van der Waals surface area contributed by atoms with Crippen LogP contribution in [0.5, 0.6) is 0 Å². The lowest BCUT2D eigenvalue weighted by atomic mass is 9.78. The van der Waals surface area contributed by atoms with Gasteiger partial charge in [0.05, 0.1) is 11.7 Å². The van der Waals surface area contributed by atoms with E-state index < -0.39 is 0 Å². The molecule has 3 nitrogen and oxygen atoms in total. The molecule has 21 heavy (non-hydrogen) atoms. The van der Waals surface area contributed by atoms with Gasteiger partial charge in [0.2, 0.25) is 0 Å². The third-order valence-corrected chi connectivity index (χ3v) is 4.96. The first kappa shape index (κ1) is 18.2. The van der Waals surface area contributed by atoms with Crippen LogP contribution in [0.25, 0.3) is 0 Å². The molecule has 1 heterocycles. The van der Waals surface area contributed by atoms with Gasteiger partial charge in [-0.2, -0.15) is 5.10 Å². The average Bonchev–Trinajstić information content (AvgIpc) is 2.86. The second-order valence-corrected chi connectivity index (χ2v) is 7.45. The molecule has 2 unspecified atom stereocenters. The molecule has 122 valence electrons. The van der Waals surface area contributed by atoms with Crippen molar-refractivity contribution in [2.45, 2.75) is 79.3 Å². The minimum atomic E-state index is 0.365. The summed E-state index contributed by atoms with van der Waals surface area (Å²) < 4.78 is 2.15. The Bertz CT molecular complexity index is 399. The maximum Gasteiger partial charge on any atom is 0.0640 e. The molecule has 1 aromatic heterocycles. The zero-order valence-electron chi connectivity index (χ0n) is 15.1. The third-order valence-electron chi connectivity index (χ3n) is 4.96. The second-order valence-electron chi connectivity index (χ2n) is 7.45. The maximum atomic E-state index is 4.79. The second kappa shape index (κ2) is 7.98. The Morgan fingerprint density at radius 3 is 2.33 bits per heavy atom. The minimum Gasteiger partial charge on any atom is -0.317 e. The first-order chi connectivity index (χ1) is 9.81. The van der Waals surface area contributed by atoms with E-state index in [1.54, 1.807) is 0 Å². The molecule has 0 aliphatic carbocycles. The van der Waals surface area contributed by atoms with Crippen molar-refractivity contribution in [2.24, 2.45) is 11.3 Å². The Hall–Kier alpha value is -0.830. The smallest absolute Gasteiger partial charge is 0.0640 e. The van der Waals surface area contributed by atoms with Crippen LogP contribution >= 0.6 is 0 Å². The topological polar surface area (TPSA) is 29.9 Å². The van der Waals surface area contributed by atoms with Gasteiger partial charge in [-0.15, -0.1) is 0 Å². The standard InChI is InChI=1S/C18H35N3/c1-8-17(9-2)21-11-10-15(20-21)13-16(19-7)12-14(3)18(4,5)6/h10-11,14,16-17,19H,8-9,12-13H2,1-7H3. The third kappa shape index (κ3) is 5.46. The molecule has 0 spiro atoms. The van der Waals surface area contributed by atoms with Gasteiger partial charge in [-0.05, 0) is 43.7 Å². The molecule has 1 rings (SSSR count). The fourth-order valence-electron chi connectivity index (χ4n) is 2.69. The van der Waals surface area contributed by atoms with Gasteiger partial charge in [0, 0.05) is 18.7 Å². The van der Waals surface area contributed by atoms with Crippen molar-refractivity contribution in [1.82, 2.24) is 15.1 Å². The molecule has 0 saturated carbocycles. The largest absolute Gasteiger partial charge is 0.317 e. The van der Waals surface area contributed by atoms with Crippen LogP contribution in [-0.4, -0.2) is 22.9 Å². The summed E-state index contributed by atoms with van der Waals surface area (Å²) >= 11 is 0. The molecule has 1 N–H and O–H groups in total. The number of nitrogens with zero attached hydrogens (tertiary/aromatic N) is 2. The molecule has 0 aliphatic heterocycles. The zero-order chi connectivity index (χ0) is 16.0. The van der Waals surface area contributed by atoms with E-state index in [1.807, 2.05) is 0 Å². The summed E-state index contributed by atoms with van der Waals surface area (Å²) in [4.78, 5) is 0. The molecule has 0 fully saturated rings. The number of hydrogen-bond donors (Lipinski definition) is 1. The van der Waals surface area contributed by atoms with Crippen LogP contribution in [0, 0.1) is 11.3 Å². The van der Waals surface area contributed by atoms with Gasteiger partial charge < -0.3 is 5.32 Å². The van der Waals surface area contributed by atoms with Crippen LogP contribution in [0.3, 0.4) is 0 Å². The van der Waals surface area contributed by atoms with Gasteiger partial charge >= 0.3 is 0 Å². The van der Waals surface area contributed by atoms with Crippen molar-refractivity contribution in [2.75, 3.05) is 7.05 Å². The summed E-state index contributed by atoms with van der Waals surface area (Å²) in [6.45, 7) is 13.8. The maximum absolute atomic E-state index is 4.79. The molecule has 0 aromatic carbocycles. The molecule has 1 aromatic rings. The SMILES string of the molecule is CCC(CC)n1ccc(CC(CC(C)C(C)(C)C)NC)n1. The van der Waals surface area contributed by atoms with Crippen LogP contribution in [-0.2, 0) is 6.42 Å². The number of hydrogen-bond acceptors (Lipinski definition) is 2. The van der Waals surface area contributed by atoms with Crippen molar-refractivity contribution in [3.8, 4) is 0 Å². The van der Waals surface area contributed by atoms with Gasteiger partial charge in [0.15, 0.2) is 0 Å². The number of likely N-dealkylation sites (N-methyl/N-ethyl adjacent to an activating group) is 1. The lowest BCUT2D eigenvalue weighted by Crippen LogP contribution is -2.33. The predicted molar refractivity (Wildman–Crippen MR) is 91.6 cm³/mol. The van der Waals surface area contributed by atoms with Crippen LogP contribution in [0.4, 0.5) is 0 Å². The summed E-state index contributed by atoms with van der Waals surface area (Å²) in [6, 6.07) is 3.23. The minimum absolute atomic E-state index is 0.365. The van der Waals surface area contributed by atoms with Crippen molar-refractivity contribution < 1.29 is 0 Å². The first-order valence-electron chi connectivity index (χ1n) is 8.53. The fourth-order valence-corrected chi connectivity index (χ4v) is 2.69. The number of nitrogens with one attached hydrogen (secondary N) is 1. The van der Waals surface area contributed by atoms with E-state index in [4.69, 9.17) is 5.10 Å². The molecule has 0 amide bonds. The summed E-state index contributed by atoms with van der Waals surface area (Å²) in [6.07, 6.45) is 6.65. The van der Waals surface area contributed by atoms with Gasteiger partial charge in [-0.1, -0.05) is 41.5 Å². The Balaban J connectivity index is 2.65. The molecule has 0 aliphatic rings. The van der Waals surface area contributed by atoms with Gasteiger partial charge in [-0.25, -0.2) is 0 Å². The highest BCUT2D eigenvalue weighted by molar-refractivity contribution is 5.02. The lowest BCUT2D eigenvalue weighted by molar-refractivity contribution is 0.224. The highest BCUT2D eigenvalue weighted by Gasteiger charge is 2.23. The van der Waals surface area contributed by atoms with E-state index in [2.05, 4.69) is 70.9 Å². The molecule has 2 atom stereocenters. The molecule has 0 bridgehead atoms. The normalized spacial score (nSPS) is 15.4. The van der Waals surface area contributed by atoms with Crippen molar-refractivity contribution in [3.05, 3.63) is 18.0 Å². The van der Waals surface area contributed by atoms with Gasteiger partial charge in [0.1, 0.15) is 0 Å². The molecular weight excluding hydrogens is 258 g/mol. The van der Waals surface area contributed by atoms with E-state index in [-0.39, 0.29) is 0 Å². The quantitative estimate of drug-likeness (QED) is 0.767. The van der Waals surface area contributed by atoms with E-state index in [1.165, 1.54) is 12.1 Å². The monoisotopic (exact) mass is 293 g/mol. The van der Waals surface area contributed by atoms with Crippen molar-refractivity contribution in [1.29, 1.82) is 0 Å². The Morgan fingerprint density at radius 2 is 1.86 bits per heavy atom. The van der Waals surface area contributed by atoms with Crippen LogP contribution < -0.4 is 5.32 Å². The summed E-state index contributed by atoms with van der Waals surface area (Å²) in [5.41, 5.74) is 1.58. The number of rotatable bonds is 8. The number of aromatic nitrogens is 2. The zero-order valence-corrected chi connectivity index (χ0v) is 15.1. The summed E-state index contributed by atoms with van der Waals surface area (Å²) in [5.74, 6) is 0.691. The first-order valence-corrected chi connectivity index (χ1v) is 8.53. The summed E-state index contributed by atoms with van der Waals surface area (Å²) in [7, 11) is 2.07.